The van der Waals surface area contributed by atoms with Gasteiger partial charge in [0.05, 0.1) is 5.69 Å². The molecule has 0 fully saturated rings. The molecule has 0 aliphatic rings. The van der Waals surface area contributed by atoms with Crippen LogP contribution in [0.25, 0.3) is 22.6 Å². The molecule has 4 rings (SSSR count). The van der Waals surface area contributed by atoms with E-state index in [1.165, 1.54) is 12.1 Å². The van der Waals surface area contributed by atoms with Crippen LogP contribution in [0.4, 0.5) is 15.8 Å². The van der Waals surface area contributed by atoms with Crippen molar-refractivity contribution in [3.05, 3.63) is 72.2 Å². The molecule has 0 radical (unpaired) electrons. The Morgan fingerprint density at radius 2 is 1.74 bits per heavy atom. The fourth-order valence-corrected chi connectivity index (χ4v) is 2.96. The van der Waals surface area contributed by atoms with Gasteiger partial charge in [-0.1, -0.05) is 12.1 Å². The highest BCUT2D eigenvalue weighted by atomic mass is 19.1. The third kappa shape index (κ3) is 3.60. The molecule has 0 unspecified atom stereocenters. The van der Waals surface area contributed by atoms with Crippen LogP contribution < -0.4 is 10.2 Å². The summed E-state index contributed by atoms with van der Waals surface area (Å²) in [5, 5.41) is 3.34. The minimum absolute atomic E-state index is 0.221. The van der Waals surface area contributed by atoms with Gasteiger partial charge in [0.25, 0.3) is 0 Å². The van der Waals surface area contributed by atoms with Crippen molar-refractivity contribution in [2.24, 2.45) is 0 Å². The summed E-state index contributed by atoms with van der Waals surface area (Å²) < 4.78 is 13.0. The number of pyridine rings is 1. The van der Waals surface area contributed by atoms with Crippen LogP contribution in [-0.4, -0.2) is 29.0 Å². The lowest BCUT2D eigenvalue weighted by molar-refractivity contribution is 0.627. The molecule has 0 atom stereocenters. The maximum Gasteiger partial charge on any atom is 0.180 e. The molecule has 0 saturated carbocycles. The first kappa shape index (κ1) is 17.0. The lowest BCUT2D eigenvalue weighted by Crippen LogP contribution is -2.09. The van der Waals surface area contributed by atoms with Gasteiger partial charge in [0, 0.05) is 38.1 Å². The molecule has 27 heavy (non-hydrogen) atoms. The minimum atomic E-state index is -0.221. The van der Waals surface area contributed by atoms with E-state index in [9.17, 15) is 4.39 Å². The largest absolute Gasteiger partial charge is 0.381 e. The summed E-state index contributed by atoms with van der Waals surface area (Å²) >= 11 is 0. The Bertz CT molecular complexity index is 1050. The summed E-state index contributed by atoms with van der Waals surface area (Å²) in [6.45, 7) is 0.639. The smallest absolute Gasteiger partial charge is 0.180 e. The monoisotopic (exact) mass is 361 g/mol. The number of rotatable bonds is 5. The normalized spacial score (nSPS) is 10.9. The van der Waals surface area contributed by atoms with E-state index in [4.69, 9.17) is 0 Å². The average molecular weight is 361 g/mol. The van der Waals surface area contributed by atoms with Gasteiger partial charge < -0.3 is 15.2 Å². The molecule has 0 spiro atoms. The van der Waals surface area contributed by atoms with Crippen LogP contribution in [0, 0.1) is 5.82 Å². The van der Waals surface area contributed by atoms with Crippen LogP contribution in [0.5, 0.6) is 0 Å². The maximum atomic E-state index is 13.0. The first-order valence-corrected chi connectivity index (χ1v) is 8.71. The molecule has 0 bridgehead atoms. The Hall–Kier alpha value is -3.41. The number of imidazole rings is 1. The highest BCUT2D eigenvalue weighted by Gasteiger charge is 2.11. The number of nitrogens with zero attached hydrogens (tertiary/aromatic N) is 3. The summed E-state index contributed by atoms with van der Waals surface area (Å²) in [7, 11) is 3.99. The number of hydrogen-bond acceptors (Lipinski definition) is 4. The molecular formula is C21H20FN5. The van der Waals surface area contributed by atoms with Gasteiger partial charge in [-0.2, -0.15) is 0 Å². The number of fused-ring (bicyclic) bond motifs is 1. The van der Waals surface area contributed by atoms with Gasteiger partial charge in [-0.05, 0) is 48.0 Å². The van der Waals surface area contributed by atoms with E-state index in [1.54, 1.807) is 18.3 Å². The number of aromatic amines is 1. The van der Waals surface area contributed by atoms with Crippen molar-refractivity contribution in [1.29, 1.82) is 0 Å². The maximum absolute atomic E-state index is 13.0. The van der Waals surface area contributed by atoms with Gasteiger partial charge in [-0.15, -0.1) is 0 Å². The second kappa shape index (κ2) is 7.07. The molecule has 2 N–H and O–H groups in total. The number of nitrogens with one attached hydrogen (secondary N) is 2. The number of aromatic nitrogens is 3. The molecule has 5 nitrogen and oxygen atoms in total. The fourth-order valence-electron chi connectivity index (χ4n) is 2.96. The van der Waals surface area contributed by atoms with Crippen molar-refractivity contribution >= 4 is 22.5 Å². The second-order valence-electron chi connectivity index (χ2n) is 6.57. The average Bonchev–Trinajstić information content (AvgIpc) is 3.12. The minimum Gasteiger partial charge on any atom is -0.381 e. The Labute approximate surface area is 156 Å². The second-order valence-corrected chi connectivity index (χ2v) is 6.57. The van der Waals surface area contributed by atoms with Crippen LogP contribution in [0.15, 0.2) is 60.8 Å². The number of H-pyrrole nitrogens is 1. The van der Waals surface area contributed by atoms with Crippen LogP contribution in [0.3, 0.4) is 0 Å². The van der Waals surface area contributed by atoms with Crippen molar-refractivity contribution < 1.29 is 4.39 Å². The predicted molar refractivity (Wildman–Crippen MR) is 107 cm³/mol. The molecule has 0 saturated heterocycles. The SMILES string of the molecule is CN(C)c1ccnc2nc(-c3ccc(NCc4ccc(F)cc4)cc3)[nH]c12. The van der Waals surface area contributed by atoms with Crippen LogP contribution >= 0.6 is 0 Å². The van der Waals surface area contributed by atoms with Crippen LogP contribution in [0.1, 0.15) is 5.56 Å². The molecule has 2 aromatic heterocycles. The van der Waals surface area contributed by atoms with E-state index >= 15 is 0 Å². The van der Waals surface area contributed by atoms with E-state index in [0.717, 1.165) is 33.8 Å². The Morgan fingerprint density at radius 3 is 2.44 bits per heavy atom. The molecule has 6 heteroatoms. The van der Waals surface area contributed by atoms with Gasteiger partial charge in [0.1, 0.15) is 17.2 Å². The zero-order valence-corrected chi connectivity index (χ0v) is 15.2. The fraction of sp³-hybridized carbons (Fsp3) is 0.143. The Balaban J connectivity index is 1.52. The standard InChI is InChI=1S/C21H20FN5/c1-27(2)18-11-12-23-21-19(18)25-20(26-21)15-5-9-17(10-6-15)24-13-14-3-7-16(22)8-4-14/h3-12,24H,13H2,1-2H3,(H,23,25,26). The van der Waals surface area contributed by atoms with Gasteiger partial charge in [-0.3, -0.25) is 0 Å². The molecule has 136 valence electrons. The van der Waals surface area contributed by atoms with E-state index in [1.807, 2.05) is 49.3 Å². The first-order chi connectivity index (χ1) is 13.1. The quantitative estimate of drug-likeness (QED) is 0.552. The van der Waals surface area contributed by atoms with E-state index < -0.39 is 0 Å². The van der Waals surface area contributed by atoms with Crippen molar-refractivity contribution in [1.82, 2.24) is 15.0 Å². The highest BCUT2D eigenvalue weighted by Crippen LogP contribution is 2.26. The number of halogens is 1. The zero-order valence-electron chi connectivity index (χ0n) is 15.2. The first-order valence-electron chi connectivity index (χ1n) is 8.71. The summed E-state index contributed by atoms with van der Waals surface area (Å²) in [5.41, 5.74) is 5.69. The Morgan fingerprint density at radius 1 is 1.00 bits per heavy atom. The van der Waals surface area contributed by atoms with Gasteiger partial charge in [0.15, 0.2) is 5.65 Å². The molecule has 0 aliphatic heterocycles. The summed E-state index contributed by atoms with van der Waals surface area (Å²) in [5.74, 6) is 0.567. The summed E-state index contributed by atoms with van der Waals surface area (Å²) in [4.78, 5) is 14.4. The van der Waals surface area contributed by atoms with Gasteiger partial charge in [0.2, 0.25) is 0 Å². The summed E-state index contributed by atoms with van der Waals surface area (Å²) in [6, 6.07) is 16.5. The lowest BCUT2D eigenvalue weighted by atomic mass is 10.2. The van der Waals surface area contributed by atoms with Crippen molar-refractivity contribution in [3.8, 4) is 11.4 Å². The molecular weight excluding hydrogens is 341 g/mol. The molecule has 0 amide bonds. The third-order valence-corrected chi connectivity index (χ3v) is 4.42. The van der Waals surface area contributed by atoms with E-state index in [2.05, 4.69) is 20.3 Å². The van der Waals surface area contributed by atoms with Crippen molar-refractivity contribution in [3.63, 3.8) is 0 Å². The van der Waals surface area contributed by atoms with Crippen LogP contribution in [-0.2, 0) is 6.54 Å². The summed E-state index contributed by atoms with van der Waals surface area (Å²) in [6.07, 6.45) is 1.77. The van der Waals surface area contributed by atoms with E-state index in [0.29, 0.717) is 12.2 Å². The number of anilines is 2. The van der Waals surface area contributed by atoms with Gasteiger partial charge >= 0.3 is 0 Å². The lowest BCUT2D eigenvalue weighted by Gasteiger charge is -2.12. The molecule has 2 aromatic carbocycles. The van der Waals surface area contributed by atoms with Crippen molar-refractivity contribution in [2.45, 2.75) is 6.54 Å². The highest BCUT2D eigenvalue weighted by molar-refractivity contribution is 5.88. The Kier molecular flexibility index (Phi) is 4.46. The number of hydrogen-bond donors (Lipinski definition) is 2. The topological polar surface area (TPSA) is 56.8 Å². The zero-order chi connectivity index (χ0) is 18.8. The van der Waals surface area contributed by atoms with Gasteiger partial charge in [-0.25, -0.2) is 14.4 Å². The van der Waals surface area contributed by atoms with E-state index in [-0.39, 0.29) is 5.82 Å². The third-order valence-electron chi connectivity index (χ3n) is 4.42. The molecule has 0 aliphatic carbocycles. The molecule has 2 heterocycles. The van der Waals surface area contributed by atoms with Crippen LogP contribution in [0.2, 0.25) is 0 Å². The van der Waals surface area contributed by atoms with Crippen molar-refractivity contribution in [2.75, 3.05) is 24.3 Å². The number of benzene rings is 2. The molecule has 4 aromatic rings. The predicted octanol–water partition coefficient (Wildman–Crippen LogP) is 4.44.